The Hall–Kier alpha value is -3.33. The number of hydrogen-bond donors (Lipinski definition) is 1. The van der Waals surface area contributed by atoms with E-state index in [1.165, 1.54) is 0 Å². The molecule has 3 aromatic carbocycles. The Labute approximate surface area is 147 Å². The molecule has 0 aliphatic heterocycles. The molecule has 0 saturated carbocycles. The molecule has 3 rings (SSSR count). The van der Waals surface area contributed by atoms with Crippen LogP contribution in [0.15, 0.2) is 84.9 Å². The number of ether oxygens (including phenoxy) is 1. The second-order valence-corrected chi connectivity index (χ2v) is 5.67. The van der Waals surface area contributed by atoms with Gasteiger partial charge in [0.05, 0.1) is 0 Å². The third-order valence-electron chi connectivity index (χ3n) is 3.73. The lowest BCUT2D eigenvalue weighted by atomic mass is 10.1. The van der Waals surface area contributed by atoms with Crippen molar-refractivity contribution in [2.24, 2.45) is 0 Å². The fourth-order valence-electron chi connectivity index (χ4n) is 2.38. The van der Waals surface area contributed by atoms with Crippen LogP contribution >= 0.6 is 0 Å². The molecule has 124 valence electrons. The van der Waals surface area contributed by atoms with Gasteiger partial charge in [0, 0.05) is 11.3 Å². The molecule has 0 radical (unpaired) electrons. The molecule has 0 spiro atoms. The lowest BCUT2D eigenvalue weighted by Crippen LogP contribution is -1.96. The minimum atomic E-state index is -0.0725. The van der Waals surface area contributed by atoms with Gasteiger partial charge in [0.2, 0.25) is 0 Å². The quantitative estimate of drug-likeness (QED) is 0.403. The van der Waals surface area contributed by atoms with E-state index in [1.54, 1.807) is 36.4 Å². The van der Waals surface area contributed by atoms with E-state index in [0.717, 1.165) is 16.9 Å². The third kappa shape index (κ3) is 4.82. The number of anilines is 1. The highest BCUT2D eigenvalue weighted by Crippen LogP contribution is 2.16. The molecule has 0 atom stereocenters. The van der Waals surface area contributed by atoms with Crippen LogP contribution in [0.25, 0.3) is 6.08 Å². The van der Waals surface area contributed by atoms with Crippen molar-refractivity contribution in [3.63, 3.8) is 0 Å². The number of nitrogen functional groups attached to an aromatic ring is 1. The smallest absolute Gasteiger partial charge is 0.185 e. The van der Waals surface area contributed by atoms with Gasteiger partial charge in [-0.1, -0.05) is 60.7 Å². The maximum Gasteiger partial charge on any atom is 0.185 e. The Kier molecular flexibility index (Phi) is 5.27. The topological polar surface area (TPSA) is 52.3 Å². The van der Waals surface area contributed by atoms with Crippen molar-refractivity contribution in [3.05, 3.63) is 102 Å². The van der Waals surface area contributed by atoms with Crippen molar-refractivity contribution in [3.8, 4) is 5.75 Å². The molecule has 2 N–H and O–H groups in total. The van der Waals surface area contributed by atoms with Crippen molar-refractivity contribution in [2.75, 3.05) is 5.73 Å². The van der Waals surface area contributed by atoms with Crippen molar-refractivity contribution in [1.29, 1.82) is 0 Å². The van der Waals surface area contributed by atoms with Gasteiger partial charge in [0.25, 0.3) is 0 Å². The van der Waals surface area contributed by atoms with Crippen LogP contribution in [-0.4, -0.2) is 5.78 Å². The number of benzene rings is 3. The zero-order valence-electron chi connectivity index (χ0n) is 13.8. The van der Waals surface area contributed by atoms with Gasteiger partial charge in [-0.25, -0.2) is 0 Å². The van der Waals surface area contributed by atoms with E-state index in [2.05, 4.69) is 0 Å². The van der Waals surface area contributed by atoms with Crippen LogP contribution in [0, 0.1) is 0 Å². The molecule has 0 fully saturated rings. The van der Waals surface area contributed by atoms with Crippen LogP contribution < -0.4 is 10.5 Å². The number of hydrogen-bond acceptors (Lipinski definition) is 3. The SMILES string of the molecule is Nc1cccc(C(=O)C=Cc2ccc(OCc3ccccc3)cc2)c1. The molecule has 0 aromatic heterocycles. The third-order valence-corrected chi connectivity index (χ3v) is 3.73. The first-order valence-electron chi connectivity index (χ1n) is 8.05. The molecule has 0 bridgehead atoms. The Morgan fingerprint density at radius 3 is 2.40 bits per heavy atom. The van der Waals surface area contributed by atoms with E-state index in [9.17, 15) is 4.79 Å². The monoisotopic (exact) mass is 329 g/mol. The maximum atomic E-state index is 12.1. The summed E-state index contributed by atoms with van der Waals surface area (Å²) in [5, 5.41) is 0. The fraction of sp³-hybridized carbons (Fsp3) is 0.0455. The minimum absolute atomic E-state index is 0.0725. The molecule has 0 saturated heterocycles. The Balaban J connectivity index is 1.59. The number of allylic oxidation sites excluding steroid dienone is 1. The second kappa shape index (κ2) is 7.97. The Morgan fingerprint density at radius 1 is 0.920 bits per heavy atom. The van der Waals surface area contributed by atoms with Crippen LogP contribution in [0.3, 0.4) is 0 Å². The summed E-state index contributed by atoms with van der Waals surface area (Å²) in [6, 6.07) is 24.6. The highest BCUT2D eigenvalue weighted by atomic mass is 16.5. The van der Waals surface area contributed by atoms with Crippen molar-refractivity contribution in [1.82, 2.24) is 0 Å². The van der Waals surface area contributed by atoms with E-state index in [-0.39, 0.29) is 5.78 Å². The van der Waals surface area contributed by atoms with E-state index in [4.69, 9.17) is 10.5 Å². The first-order chi connectivity index (χ1) is 12.2. The molecule has 0 aliphatic carbocycles. The van der Waals surface area contributed by atoms with Gasteiger partial charge in [0.1, 0.15) is 12.4 Å². The summed E-state index contributed by atoms with van der Waals surface area (Å²) in [7, 11) is 0. The summed E-state index contributed by atoms with van der Waals surface area (Å²) in [6.07, 6.45) is 3.33. The predicted molar refractivity (Wildman–Crippen MR) is 101 cm³/mol. The lowest BCUT2D eigenvalue weighted by Gasteiger charge is -2.06. The molecular weight excluding hydrogens is 310 g/mol. The average Bonchev–Trinajstić information content (AvgIpc) is 2.66. The molecule has 3 heteroatoms. The van der Waals surface area contributed by atoms with Gasteiger partial charge in [-0.2, -0.15) is 0 Å². The zero-order valence-corrected chi connectivity index (χ0v) is 13.8. The van der Waals surface area contributed by atoms with Crippen LogP contribution in [0.2, 0.25) is 0 Å². The number of nitrogens with two attached hydrogens (primary N) is 1. The second-order valence-electron chi connectivity index (χ2n) is 5.67. The normalized spacial score (nSPS) is 10.7. The summed E-state index contributed by atoms with van der Waals surface area (Å²) in [4.78, 5) is 12.1. The summed E-state index contributed by atoms with van der Waals surface area (Å²) < 4.78 is 5.75. The molecule has 3 aromatic rings. The predicted octanol–water partition coefficient (Wildman–Crippen LogP) is 4.74. The summed E-state index contributed by atoms with van der Waals surface area (Å²) in [6.45, 7) is 0.532. The molecule has 0 aliphatic rings. The number of carbonyl (C=O) groups excluding carboxylic acids is 1. The standard InChI is InChI=1S/C22H19NO2/c23-20-8-4-7-19(15-20)22(24)14-11-17-9-12-21(13-10-17)25-16-18-5-2-1-3-6-18/h1-15H,16,23H2. The molecule has 25 heavy (non-hydrogen) atoms. The van der Waals surface area contributed by atoms with E-state index >= 15 is 0 Å². The Morgan fingerprint density at radius 2 is 1.68 bits per heavy atom. The summed E-state index contributed by atoms with van der Waals surface area (Å²) in [5.74, 6) is 0.722. The molecular formula is C22H19NO2. The van der Waals surface area contributed by atoms with Gasteiger partial charge in [-0.05, 0) is 41.5 Å². The van der Waals surface area contributed by atoms with Gasteiger partial charge < -0.3 is 10.5 Å². The van der Waals surface area contributed by atoms with Crippen molar-refractivity contribution < 1.29 is 9.53 Å². The van der Waals surface area contributed by atoms with Crippen LogP contribution in [0.1, 0.15) is 21.5 Å². The first kappa shape index (κ1) is 16.5. The highest BCUT2D eigenvalue weighted by Gasteiger charge is 2.01. The van der Waals surface area contributed by atoms with Crippen molar-refractivity contribution in [2.45, 2.75) is 6.61 Å². The van der Waals surface area contributed by atoms with E-state index in [0.29, 0.717) is 17.9 Å². The molecule has 0 unspecified atom stereocenters. The Bertz CT molecular complexity index is 868. The zero-order chi connectivity index (χ0) is 17.5. The van der Waals surface area contributed by atoms with Crippen LogP contribution in [0.4, 0.5) is 5.69 Å². The fourth-order valence-corrected chi connectivity index (χ4v) is 2.38. The van der Waals surface area contributed by atoms with Crippen LogP contribution in [-0.2, 0) is 6.61 Å². The lowest BCUT2D eigenvalue weighted by molar-refractivity contribution is 0.104. The number of ketones is 1. The molecule has 0 heterocycles. The largest absolute Gasteiger partial charge is 0.489 e. The molecule has 0 amide bonds. The number of rotatable bonds is 6. The minimum Gasteiger partial charge on any atom is -0.489 e. The number of carbonyl (C=O) groups is 1. The molecule has 3 nitrogen and oxygen atoms in total. The summed E-state index contributed by atoms with van der Waals surface area (Å²) in [5.41, 5.74) is 8.92. The van der Waals surface area contributed by atoms with E-state index < -0.39 is 0 Å². The maximum absolute atomic E-state index is 12.1. The van der Waals surface area contributed by atoms with Gasteiger partial charge >= 0.3 is 0 Å². The van der Waals surface area contributed by atoms with Gasteiger partial charge in [-0.15, -0.1) is 0 Å². The van der Waals surface area contributed by atoms with Gasteiger partial charge in [0.15, 0.2) is 5.78 Å². The highest BCUT2D eigenvalue weighted by molar-refractivity contribution is 6.07. The van der Waals surface area contributed by atoms with Crippen molar-refractivity contribution >= 4 is 17.5 Å². The van der Waals surface area contributed by atoms with E-state index in [1.807, 2.05) is 54.6 Å². The first-order valence-corrected chi connectivity index (χ1v) is 8.05. The van der Waals surface area contributed by atoms with Gasteiger partial charge in [-0.3, -0.25) is 4.79 Å². The average molecular weight is 329 g/mol. The van der Waals surface area contributed by atoms with Crippen LogP contribution in [0.5, 0.6) is 5.75 Å². The summed E-state index contributed by atoms with van der Waals surface area (Å²) >= 11 is 0.